The lowest BCUT2D eigenvalue weighted by atomic mass is 10.2. The van der Waals surface area contributed by atoms with Crippen LogP contribution in [0.4, 0.5) is 4.39 Å². The highest BCUT2D eigenvalue weighted by atomic mass is 19.1. The van der Waals surface area contributed by atoms with Crippen molar-refractivity contribution in [1.82, 2.24) is 15.7 Å². The van der Waals surface area contributed by atoms with E-state index in [4.69, 9.17) is 0 Å². The molecule has 0 radical (unpaired) electrons. The molecule has 1 heterocycles. The van der Waals surface area contributed by atoms with E-state index in [0.717, 1.165) is 0 Å². The minimum Gasteiger partial charge on any atom is -0.342 e. The molecule has 1 aromatic carbocycles. The average molecular weight is 300 g/mol. The number of hydrazone groups is 1. The Morgan fingerprint density at radius 3 is 2.59 bits per heavy atom. The second-order valence-electron chi connectivity index (χ2n) is 4.25. The number of nitrogens with one attached hydrogen (secondary N) is 2. The van der Waals surface area contributed by atoms with Gasteiger partial charge in [0.2, 0.25) is 0 Å². The molecule has 6 nitrogen and oxygen atoms in total. The fraction of sp³-hybridized carbons (Fsp3) is 0.0667. The lowest BCUT2D eigenvalue weighted by molar-refractivity contribution is -0.139. The van der Waals surface area contributed by atoms with E-state index in [0.29, 0.717) is 11.3 Å². The Kier molecular flexibility index (Phi) is 5.31. The van der Waals surface area contributed by atoms with Crippen molar-refractivity contribution in [2.45, 2.75) is 6.54 Å². The summed E-state index contributed by atoms with van der Waals surface area (Å²) < 4.78 is 12.7. The summed E-state index contributed by atoms with van der Waals surface area (Å²) in [6, 6.07) is 10.8. The molecule has 0 saturated carbocycles. The van der Waals surface area contributed by atoms with Gasteiger partial charge in [-0.05, 0) is 29.8 Å². The van der Waals surface area contributed by atoms with Gasteiger partial charge in [-0.25, -0.2) is 9.82 Å². The number of hydrogen-bond donors (Lipinski definition) is 2. The topological polar surface area (TPSA) is 83.5 Å². The molecule has 2 N–H and O–H groups in total. The quantitative estimate of drug-likeness (QED) is 0.502. The molecule has 0 bridgehead atoms. The standard InChI is InChI=1S/C15H13FN4O2/c16-12-6-4-11(5-7-12)9-19-20-15(22)14(21)18-10-13-3-1-2-8-17-13/h1-9H,10H2,(H,18,21)(H,20,22)/b19-9+. The summed E-state index contributed by atoms with van der Waals surface area (Å²) >= 11 is 0. The normalized spacial score (nSPS) is 10.4. The molecule has 2 amide bonds. The van der Waals surface area contributed by atoms with Gasteiger partial charge in [0.05, 0.1) is 18.5 Å². The molecule has 1 aromatic heterocycles. The Labute approximate surface area is 126 Å². The van der Waals surface area contributed by atoms with Crippen LogP contribution in [0.1, 0.15) is 11.3 Å². The number of carbonyl (C=O) groups is 2. The first kappa shape index (κ1) is 15.3. The first-order valence-electron chi connectivity index (χ1n) is 6.42. The van der Waals surface area contributed by atoms with E-state index in [1.807, 2.05) is 0 Å². The van der Waals surface area contributed by atoms with Crippen molar-refractivity contribution < 1.29 is 14.0 Å². The van der Waals surface area contributed by atoms with E-state index < -0.39 is 11.8 Å². The van der Waals surface area contributed by atoms with Crippen molar-refractivity contribution in [2.24, 2.45) is 5.10 Å². The van der Waals surface area contributed by atoms with Gasteiger partial charge in [0.1, 0.15) is 5.82 Å². The van der Waals surface area contributed by atoms with Crippen LogP contribution in [-0.2, 0) is 16.1 Å². The van der Waals surface area contributed by atoms with E-state index in [9.17, 15) is 14.0 Å². The summed E-state index contributed by atoms with van der Waals surface area (Å²) in [5.41, 5.74) is 3.32. The number of nitrogens with zero attached hydrogens (tertiary/aromatic N) is 2. The molecule has 0 saturated heterocycles. The van der Waals surface area contributed by atoms with Crippen LogP contribution in [0.25, 0.3) is 0 Å². The molecule has 0 atom stereocenters. The van der Waals surface area contributed by atoms with Crippen LogP contribution in [0.15, 0.2) is 53.8 Å². The molecule has 7 heteroatoms. The van der Waals surface area contributed by atoms with Gasteiger partial charge in [-0.15, -0.1) is 0 Å². The summed E-state index contributed by atoms with van der Waals surface area (Å²) in [6.45, 7) is 0.148. The Morgan fingerprint density at radius 1 is 1.14 bits per heavy atom. The maximum absolute atomic E-state index is 12.7. The van der Waals surface area contributed by atoms with Crippen molar-refractivity contribution in [1.29, 1.82) is 0 Å². The SMILES string of the molecule is O=C(NCc1ccccn1)C(=O)N/N=C/c1ccc(F)cc1. The molecule has 22 heavy (non-hydrogen) atoms. The third kappa shape index (κ3) is 4.78. The minimum absolute atomic E-state index is 0.148. The monoisotopic (exact) mass is 300 g/mol. The van der Waals surface area contributed by atoms with Crippen molar-refractivity contribution in [3.8, 4) is 0 Å². The molecule has 112 valence electrons. The second kappa shape index (κ2) is 7.63. The molecule has 0 aliphatic carbocycles. The zero-order chi connectivity index (χ0) is 15.8. The van der Waals surface area contributed by atoms with Gasteiger partial charge in [-0.2, -0.15) is 5.10 Å². The van der Waals surface area contributed by atoms with Crippen molar-refractivity contribution >= 4 is 18.0 Å². The highest BCUT2D eigenvalue weighted by Gasteiger charge is 2.11. The van der Waals surface area contributed by atoms with Gasteiger partial charge in [0.25, 0.3) is 0 Å². The zero-order valence-electron chi connectivity index (χ0n) is 11.5. The number of halogens is 1. The first-order chi connectivity index (χ1) is 10.6. The third-order valence-corrected chi connectivity index (χ3v) is 2.61. The summed E-state index contributed by atoms with van der Waals surface area (Å²) in [6.07, 6.45) is 2.90. The number of rotatable bonds is 4. The van der Waals surface area contributed by atoms with E-state index in [2.05, 4.69) is 20.8 Å². The first-order valence-corrected chi connectivity index (χ1v) is 6.42. The number of hydrogen-bond acceptors (Lipinski definition) is 4. The molecule has 0 aliphatic rings. The number of pyridine rings is 1. The summed E-state index contributed by atoms with van der Waals surface area (Å²) in [4.78, 5) is 27.0. The third-order valence-electron chi connectivity index (χ3n) is 2.61. The van der Waals surface area contributed by atoms with Crippen LogP contribution >= 0.6 is 0 Å². The second-order valence-corrected chi connectivity index (χ2v) is 4.25. The fourth-order valence-corrected chi connectivity index (χ4v) is 1.52. The van der Waals surface area contributed by atoms with Crippen molar-refractivity contribution in [2.75, 3.05) is 0 Å². The van der Waals surface area contributed by atoms with Crippen LogP contribution in [0.5, 0.6) is 0 Å². The van der Waals surface area contributed by atoms with Gasteiger partial charge >= 0.3 is 11.8 Å². The maximum atomic E-state index is 12.7. The summed E-state index contributed by atoms with van der Waals surface area (Å²) in [5, 5.41) is 6.04. The van der Waals surface area contributed by atoms with Crippen LogP contribution in [0.2, 0.25) is 0 Å². The van der Waals surface area contributed by atoms with E-state index >= 15 is 0 Å². The smallest absolute Gasteiger partial charge is 0.329 e. The Balaban J connectivity index is 1.79. The van der Waals surface area contributed by atoms with Crippen LogP contribution in [0, 0.1) is 5.82 Å². The zero-order valence-corrected chi connectivity index (χ0v) is 11.5. The molecular weight excluding hydrogens is 287 g/mol. The van der Waals surface area contributed by atoms with E-state index in [1.165, 1.54) is 30.5 Å². The van der Waals surface area contributed by atoms with Gasteiger partial charge in [0, 0.05) is 6.20 Å². The molecule has 2 aromatic rings. The van der Waals surface area contributed by atoms with Crippen molar-refractivity contribution in [3.63, 3.8) is 0 Å². The number of carbonyl (C=O) groups excluding carboxylic acids is 2. The van der Waals surface area contributed by atoms with Gasteiger partial charge < -0.3 is 5.32 Å². The molecule has 0 aliphatic heterocycles. The highest BCUT2D eigenvalue weighted by molar-refractivity contribution is 6.35. The molecule has 2 rings (SSSR count). The molecular formula is C15H13FN4O2. The number of aromatic nitrogens is 1. The largest absolute Gasteiger partial charge is 0.342 e. The predicted octanol–water partition coefficient (Wildman–Crippen LogP) is 0.987. The van der Waals surface area contributed by atoms with Crippen LogP contribution in [-0.4, -0.2) is 23.0 Å². The highest BCUT2D eigenvalue weighted by Crippen LogP contribution is 1.99. The number of benzene rings is 1. The van der Waals surface area contributed by atoms with E-state index in [1.54, 1.807) is 24.4 Å². The lowest BCUT2D eigenvalue weighted by Crippen LogP contribution is -2.37. The maximum Gasteiger partial charge on any atom is 0.329 e. The molecule has 0 fully saturated rings. The van der Waals surface area contributed by atoms with Gasteiger partial charge in [-0.3, -0.25) is 14.6 Å². The Morgan fingerprint density at radius 2 is 1.91 bits per heavy atom. The fourth-order valence-electron chi connectivity index (χ4n) is 1.52. The summed E-state index contributed by atoms with van der Waals surface area (Å²) in [7, 11) is 0. The average Bonchev–Trinajstić information content (AvgIpc) is 2.55. The minimum atomic E-state index is -0.894. The Bertz CT molecular complexity index is 672. The van der Waals surface area contributed by atoms with Crippen LogP contribution in [0.3, 0.4) is 0 Å². The molecule has 0 spiro atoms. The van der Waals surface area contributed by atoms with Crippen molar-refractivity contribution in [3.05, 3.63) is 65.7 Å². The Hall–Kier alpha value is -3.09. The van der Waals surface area contributed by atoms with E-state index in [-0.39, 0.29) is 12.4 Å². The van der Waals surface area contributed by atoms with Gasteiger partial charge in [0.15, 0.2) is 0 Å². The van der Waals surface area contributed by atoms with Crippen LogP contribution < -0.4 is 10.7 Å². The van der Waals surface area contributed by atoms with Gasteiger partial charge in [-0.1, -0.05) is 18.2 Å². The lowest BCUT2D eigenvalue weighted by Gasteiger charge is -2.03. The summed E-state index contributed by atoms with van der Waals surface area (Å²) in [5.74, 6) is -2.08. The predicted molar refractivity (Wildman–Crippen MR) is 78.2 cm³/mol. The number of amides is 2. The molecule has 0 unspecified atom stereocenters.